The van der Waals surface area contributed by atoms with Crippen molar-refractivity contribution in [1.29, 1.82) is 0 Å². The lowest BCUT2D eigenvalue weighted by Gasteiger charge is -2.32. The van der Waals surface area contributed by atoms with E-state index in [0.29, 0.717) is 47.7 Å². The Balaban J connectivity index is 1.68. The lowest BCUT2D eigenvalue weighted by atomic mass is 9.99. The van der Waals surface area contributed by atoms with Crippen LogP contribution in [0.1, 0.15) is 25.5 Å². The number of urea groups is 1. The molecular formula is C24H24F3N9O3S. The number of hydrogen-bond acceptors (Lipinski definition) is 10. The van der Waals surface area contributed by atoms with E-state index in [-0.39, 0.29) is 22.8 Å². The summed E-state index contributed by atoms with van der Waals surface area (Å²) in [5, 5.41) is 12.2. The van der Waals surface area contributed by atoms with Crippen LogP contribution in [0.15, 0.2) is 39.1 Å². The van der Waals surface area contributed by atoms with Crippen LogP contribution in [-0.2, 0) is 6.18 Å². The van der Waals surface area contributed by atoms with Crippen molar-refractivity contribution in [2.75, 3.05) is 29.9 Å². The molecule has 0 unspecified atom stereocenters. The number of halogens is 3. The van der Waals surface area contributed by atoms with Crippen LogP contribution in [0.4, 0.5) is 29.6 Å². The number of carbonyl (C=O) groups excluding carboxylic acids is 1. The van der Waals surface area contributed by atoms with Gasteiger partial charge in [0.1, 0.15) is 16.6 Å². The number of aromatic nitrogens is 5. The molecule has 5 N–H and O–H groups in total. The van der Waals surface area contributed by atoms with E-state index in [9.17, 15) is 22.8 Å². The number of thiazole rings is 1. The van der Waals surface area contributed by atoms with Crippen LogP contribution in [-0.4, -0.2) is 56.9 Å². The van der Waals surface area contributed by atoms with Gasteiger partial charge in [0.2, 0.25) is 0 Å². The molecular weight excluding hydrogens is 551 g/mol. The van der Waals surface area contributed by atoms with Gasteiger partial charge < -0.3 is 20.4 Å². The summed E-state index contributed by atoms with van der Waals surface area (Å²) in [6.07, 6.45) is -0.263. The maximum Gasteiger partial charge on any atom is 0.434 e. The van der Waals surface area contributed by atoms with E-state index in [4.69, 9.17) is 10.2 Å². The van der Waals surface area contributed by atoms with Crippen LogP contribution in [0.3, 0.4) is 0 Å². The first-order valence-electron chi connectivity index (χ1n) is 12.3. The second kappa shape index (κ2) is 11.1. The number of rotatable bonds is 6. The minimum atomic E-state index is -4.64. The van der Waals surface area contributed by atoms with Crippen molar-refractivity contribution in [3.63, 3.8) is 0 Å². The highest BCUT2D eigenvalue weighted by atomic mass is 32.1. The van der Waals surface area contributed by atoms with Gasteiger partial charge in [-0.15, -0.1) is 16.4 Å². The Morgan fingerprint density at radius 3 is 2.62 bits per heavy atom. The summed E-state index contributed by atoms with van der Waals surface area (Å²) in [6.45, 7) is 3.31. The summed E-state index contributed by atoms with van der Waals surface area (Å²) < 4.78 is 45.5. The molecule has 0 spiro atoms. The molecule has 0 aliphatic carbocycles. The number of carbonyl (C=O) groups is 1. The smallest absolute Gasteiger partial charge is 0.388 e. The highest BCUT2D eigenvalue weighted by Gasteiger charge is 2.34. The quantitative estimate of drug-likeness (QED) is 0.268. The third kappa shape index (κ3) is 5.81. The molecule has 5 rings (SSSR count). The molecule has 0 bridgehead atoms. The normalized spacial score (nSPS) is 14.4. The standard InChI is InChI=1S/C24H24F3N9O3S/c1-2-29-22(37)33-18-8-15(21-32-17(11-40-21)24(25,26)27)16(10-30-18)14-7-12(20-34-35-23(38)39-20)9-31-19(14)36-5-3-13(28)4-6-36/h7-11,13H,2-6,28H2,1H3,(H,35,38)(H2,29,30,33,37). The SMILES string of the molecule is CCNC(=O)Nc1cc(-c2nc(C(F)(F)F)cs2)c(-c2cc(-c3n[nH]c(=O)o3)cnc2N2CCC(N)CC2)cn1. The molecule has 5 heterocycles. The average Bonchev–Trinajstić information content (AvgIpc) is 3.59. The van der Waals surface area contributed by atoms with E-state index in [2.05, 4.69) is 35.8 Å². The van der Waals surface area contributed by atoms with Crippen LogP contribution < -0.4 is 27.0 Å². The Hall–Kier alpha value is -4.31. The molecule has 4 aromatic rings. The molecule has 2 amide bonds. The Morgan fingerprint density at radius 1 is 1.20 bits per heavy atom. The van der Waals surface area contributed by atoms with Gasteiger partial charge in [-0.3, -0.25) is 5.32 Å². The van der Waals surface area contributed by atoms with Gasteiger partial charge in [0.25, 0.3) is 5.89 Å². The van der Waals surface area contributed by atoms with Crippen molar-refractivity contribution in [1.82, 2.24) is 30.5 Å². The molecule has 1 saturated heterocycles. The number of anilines is 2. The lowest BCUT2D eigenvalue weighted by Crippen LogP contribution is -2.40. The van der Waals surface area contributed by atoms with Crippen molar-refractivity contribution in [3.05, 3.63) is 46.2 Å². The largest absolute Gasteiger partial charge is 0.434 e. The number of hydrogen-bond donors (Lipinski definition) is 4. The summed E-state index contributed by atoms with van der Waals surface area (Å²) in [7, 11) is 0. The summed E-state index contributed by atoms with van der Waals surface area (Å²) in [4.78, 5) is 38.6. The summed E-state index contributed by atoms with van der Waals surface area (Å²) in [5.74, 6) is -0.116. The molecule has 16 heteroatoms. The third-order valence-electron chi connectivity index (χ3n) is 6.19. The van der Waals surface area contributed by atoms with Crippen molar-refractivity contribution >= 4 is 29.0 Å². The van der Waals surface area contributed by atoms with Crippen molar-refractivity contribution in [2.45, 2.75) is 32.0 Å². The van der Waals surface area contributed by atoms with Crippen LogP contribution >= 0.6 is 11.3 Å². The number of nitrogens with two attached hydrogens (primary N) is 1. The number of nitrogens with zero attached hydrogens (tertiary/aromatic N) is 5. The lowest BCUT2D eigenvalue weighted by molar-refractivity contribution is -0.140. The fourth-order valence-corrected chi connectivity index (χ4v) is 5.11. The number of aromatic amines is 1. The first-order valence-corrected chi connectivity index (χ1v) is 13.1. The zero-order valence-corrected chi connectivity index (χ0v) is 21.9. The van der Waals surface area contributed by atoms with E-state index >= 15 is 0 Å². The molecule has 1 aliphatic heterocycles. The Labute approximate surface area is 228 Å². The first kappa shape index (κ1) is 27.3. The second-order valence-electron chi connectivity index (χ2n) is 8.97. The highest BCUT2D eigenvalue weighted by Crippen LogP contribution is 2.42. The number of piperidine rings is 1. The van der Waals surface area contributed by atoms with Crippen molar-refractivity contribution in [3.8, 4) is 33.2 Å². The molecule has 0 saturated carbocycles. The molecule has 0 aromatic carbocycles. The molecule has 1 fully saturated rings. The van der Waals surface area contributed by atoms with E-state index in [0.717, 1.165) is 29.6 Å². The molecule has 12 nitrogen and oxygen atoms in total. The van der Waals surface area contributed by atoms with E-state index in [1.165, 1.54) is 18.5 Å². The number of alkyl halides is 3. The van der Waals surface area contributed by atoms with Gasteiger partial charge in [-0.2, -0.15) is 13.2 Å². The summed E-state index contributed by atoms with van der Waals surface area (Å²) >= 11 is 0.807. The molecule has 1 aliphatic rings. The fourth-order valence-electron chi connectivity index (χ4n) is 4.25. The summed E-state index contributed by atoms with van der Waals surface area (Å²) in [5.41, 5.74) is 6.60. The second-order valence-corrected chi connectivity index (χ2v) is 9.83. The average molecular weight is 576 g/mol. The zero-order chi connectivity index (χ0) is 28.4. The molecule has 210 valence electrons. The number of H-pyrrole nitrogens is 1. The van der Waals surface area contributed by atoms with Crippen LogP contribution in [0.5, 0.6) is 0 Å². The molecule has 0 atom stereocenters. The summed E-state index contributed by atoms with van der Waals surface area (Å²) in [6, 6.07) is 2.66. The maximum atomic E-state index is 13.5. The Kier molecular flexibility index (Phi) is 7.53. The first-order chi connectivity index (χ1) is 19.1. The predicted octanol–water partition coefficient (Wildman–Crippen LogP) is 3.70. The van der Waals surface area contributed by atoms with E-state index in [1.807, 2.05) is 4.90 Å². The zero-order valence-electron chi connectivity index (χ0n) is 21.1. The van der Waals surface area contributed by atoms with Crippen LogP contribution in [0, 0.1) is 0 Å². The monoisotopic (exact) mass is 575 g/mol. The number of nitrogens with one attached hydrogen (secondary N) is 3. The Morgan fingerprint density at radius 2 is 1.98 bits per heavy atom. The molecule has 0 radical (unpaired) electrons. The Bertz CT molecular complexity index is 1580. The predicted molar refractivity (Wildman–Crippen MR) is 142 cm³/mol. The van der Waals surface area contributed by atoms with Gasteiger partial charge >= 0.3 is 18.0 Å². The van der Waals surface area contributed by atoms with Gasteiger partial charge in [0.05, 0.1) is 5.56 Å². The van der Waals surface area contributed by atoms with E-state index in [1.54, 1.807) is 13.0 Å². The van der Waals surface area contributed by atoms with Crippen molar-refractivity contribution in [2.24, 2.45) is 5.73 Å². The third-order valence-corrected chi connectivity index (χ3v) is 7.06. The van der Waals surface area contributed by atoms with Crippen LogP contribution in [0.25, 0.3) is 33.2 Å². The fraction of sp³-hybridized carbons (Fsp3) is 0.333. The van der Waals surface area contributed by atoms with Gasteiger partial charge in [-0.25, -0.2) is 29.6 Å². The van der Waals surface area contributed by atoms with Crippen molar-refractivity contribution < 1.29 is 22.4 Å². The number of pyridine rings is 2. The van der Waals surface area contributed by atoms with Crippen LogP contribution in [0.2, 0.25) is 0 Å². The maximum absolute atomic E-state index is 13.5. The number of amides is 2. The van der Waals surface area contributed by atoms with Gasteiger partial charge in [-0.05, 0) is 31.9 Å². The van der Waals surface area contributed by atoms with E-state index < -0.39 is 23.7 Å². The minimum Gasteiger partial charge on any atom is -0.388 e. The molecule has 4 aromatic heterocycles. The van der Waals surface area contributed by atoms with Gasteiger partial charge in [0, 0.05) is 60.1 Å². The minimum absolute atomic E-state index is 0.0106. The topological polar surface area (TPSA) is 168 Å². The highest BCUT2D eigenvalue weighted by molar-refractivity contribution is 7.13. The van der Waals surface area contributed by atoms with Gasteiger partial charge in [0.15, 0.2) is 5.69 Å². The van der Waals surface area contributed by atoms with Gasteiger partial charge in [-0.1, -0.05) is 0 Å². The molecule has 40 heavy (non-hydrogen) atoms.